The number of para-hydroxylation sites is 2. The zero-order valence-corrected chi connectivity index (χ0v) is 16.5. The maximum absolute atomic E-state index is 13.4. The van der Waals surface area contributed by atoms with Gasteiger partial charge in [0.15, 0.2) is 5.76 Å². The summed E-state index contributed by atoms with van der Waals surface area (Å²) in [7, 11) is 3.56. The first-order valence-electron chi connectivity index (χ1n) is 9.23. The molecule has 7 heteroatoms. The Labute approximate surface area is 172 Å². The largest absolute Gasteiger partial charge is 0.495 e. The van der Waals surface area contributed by atoms with Gasteiger partial charge in [-0.3, -0.25) is 4.79 Å². The number of furan rings is 1. The normalized spacial score (nSPS) is 10.8. The first-order valence-corrected chi connectivity index (χ1v) is 9.23. The van der Waals surface area contributed by atoms with Crippen LogP contribution in [0.1, 0.15) is 10.6 Å². The van der Waals surface area contributed by atoms with Crippen LogP contribution < -0.4 is 20.7 Å². The zero-order valence-electron chi connectivity index (χ0n) is 16.5. The Morgan fingerprint density at radius 3 is 2.70 bits per heavy atom. The third-order valence-electron chi connectivity index (χ3n) is 4.82. The van der Waals surface area contributed by atoms with Gasteiger partial charge in [-0.2, -0.15) is 0 Å². The summed E-state index contributed by atoms with van der Waals surface area (Å²) in [5, 5.41) is 3.34. The molecule has 1 amide bonds. The highest BCUT2D eigenvalue weighted by atomic mass is 19.1. The molecule has 4 rings (SSSR count). The number of hydrogen-bond donors (Lipinski definition) is 2. The summed E-state index contributed by atoms with van der Waals surface area (Å²) in [6, 6.07) is 18.7. The lowest BCUT2D eigenvalue weighted by Crippen LogP contribution is -2.12. The van der Waals surface area contributed by atoms with Crippen molar-refractivity contribution in [3.05, 3.63) is 78.3 Å². The second-order valence-electron chi connectivity index (χ2n) is 6.75. The molecule has 4 aromatic rings. The third kappa shape index (κ3) is 3.65. The highest BCUT2D eigenvalue weighted by Gasteiger charge is 2.16. The molecule has 0 saturated heterocycles. The molecule has 0 saturated carbocycles. The van der Waals surface area contributed by atoms with Gasteiger partial charge in [0.05, 0.1) is 24.2 Å². The minimum Gasteiger partial charge on any atom is -0.495 e. The number of fused-ring (bicyclic) bond motifs is 1. The van der Waals surface area contributed by atoms with E-state index in [9.17, 15) is 9.18 Å². The van der Waals surface area contributed by atoms with Gasteiger partial charge in [-0.05, 0) is 54.6 Å². The van der Waals surface area contributed by atoms with E-state index in [0.29, 0.717) is 5.58 Å². The summed E-state index contributed by atoms with van der Waals surface area (Å²) >= 11 is 0. The number of nitrogens with one attached hydrogen (secondary N) is 1. The maximum atomic E-state index is 13.4. The summed E-state index contributed by atoms with van der Waals surface area (Å²) in [6.07, 6.45) is 0. The van der Waals surface area contributed by atoms with Crippen LogP contribution in [0, 0.1) is 5.82 Å². The molecule has 1 heterocycles. The Balaban J connectivity index is 1.62. The van der Waals surface area contributed by atoms with E-state index in [1.165, 1.54) is 12.1 Å². The van der Waals surface area contributed by atoms with E-state index in [2.05, 4.69) is 5.32 Å². The van der Waals surface area contributed by atoms with Crippen LogP contribution in [0.2, 0.25) is 0 Å². The first kappa shape index (κ1) is 19.3. The molecule has 0 atom stereocenters. The van der Waals surface area contributed by atoms with Crippen LogP contribution in [0.3, 0.4) is 0 Å². The van der Waals surface area contributed by atoms with Gasteiger partial charge in [-0.1, -0.05) is 12.1 Å². The number of carbonyl (C=O) groups excluding carboxylic acids is 1. The SMILES string of the molecule is COc1ccccc1N(C)c1ccc2oc(C(=O)Nc3cc(F)ccc3N)cc2c1. The van der Waals surface area contributed by atoms with E-state index in [1.807, 2.05) is 48.3 Å². The van der Waals surface area contributed by atoms with Crippen molar-refractivity contribution in [2.24, 2.45) is 0 Å². The van der Waals surface area contributed by atoms with Gasteiger partial charge in [0, 0.05) is 18.1 Å². The van der Waals surface area contributed by atoms with E-state index < -0.39 is 11.7 Å². The number of ether oxygens (including phenoxy) is 1. The van der Waals surface area contributed by atoms with Gasteiger partial charge >= 0.3 is 0 Å². The average Bonchev–Trinajstić information content (AvgIpc) is 3.19. The van der Waals surface area contributed by atoms with Crippen molar-refractivity contribution in [2.75, 3.05) is 30.1 Å². The quantitative estimate of drug-likeness (QED) is 0.447. The molecule has 30 heavy (non-hydrogen) atoms. The first-order chi connectivity index (χ1) is 14.5. The van der Waals surface area contributed by atoms with E-state index in [0.717, 1.165) is 28.6 Å². The molecule has 0 unspecified atom stereocenters. The molecule has 6 nitrogen and oxygen atoms in total. The van der Waals surface area contributed by atoms with Gasteiger partial charge in [0.2, 0.25) is 0 Å². The van der Waals surface area contributed by atoms with Crippen molar-refractivity contribution in [1.82, 2.24) is 0 Å². The number of anilines is 4. The van der Waals surface area contributed by atoms with Gasteiger partial charge in [-0.15, -0.1) is 0 Å². The molecule has 0 spiro atoms. The lowest BCUT2D eigenvalue weighted by atomic mass is 10.2. The number of nitrogens with two attached hydrogens (primary N) is 1. The standard InChI is InChI=1S/C23H20FN3O3/c1-27(19-5-3-4-6-21(19)29-2)16-8-10-20-14(11-16)12-22(30-20)23(28)26-18-13-15(24)7-9-17(18)25/h3-13H,25H2,1-2H3,(H,26,28). The van der Waals surface area contributed by atoms with Crippen LogP contribution in [0.25, 0.3) is 11.0 Å². The fourth-order valence-electron chi connectivity index (χ4n) is 3.22. The van der Waals surface area contributed by atoms with Crippen LogP contribution >= 0.6 is 0 Å². The van der Waals surface area contributed by atoms with Gasteiger partial charge in [0.25, 0.3) is 5.91 Å². The number of nitrogen functional groups attached to an aromatic ring is 1. The monoisotopic (exact) mass is 405 g/mol. The second kappa shape index (κ2) is 7.79. The topological polar surface area (TPSA) is 80.7 Å². The molecule has 0 aliphatic rings. The van der Waals surface area contributed by atoms with Crippen LogP contribution in [0.4, 0.5) is 27.1 Å². The van der Waals surface area contributed by atoms with Crippen molar-refractivity contribution in [3.63, 3.8) is 0 Å². The molecule has 0 fully saturated rings. The van der Waals surface area contributed by atoms with Crippen molar-refractivity contribution in [1.29, 1.82) is 0 Å². The van der Waals surface area contributed by atoms with E-state index in [4.69, 9.17) is 14.9 Å². The zero-order chi connectivity index (χ0) is 21.3. The van der Waals surface area contributed by atoms with Gasteiger partial charge < -0.3 is 25.1 Å². The number of amides is 1. The molecule has 0 aliphatic heterocycles. The Kier molecular flexibility index (Phi) is 5.02. The number of hydrogen-bond acceptors (Lipinski definition) is 5. The maximum Gasteiger partial charge on any atom is 0.291 e. The highest BCUT2D eigenvalue weighted by Crippen LogP contribution is 2.34. The average molecular weight is 405 g/mol. The summed E-state index contributed by atoms with van der Waals surface area (Å²) in [5.41, 5.74) is 8.61. The van der Waals surface area contributed by atoms with Gasteiger partial charge in [-0.25, -0.2) is 4.39 Å². The van der Waals surface area contributed by atoms with Crippen molar-refractivity contribution >= 4 is 39.6 Å². The summed E-state index contributed by atoms with van der Waals surface area (Å²) < 4.78 is 24.5. The lowest BCUT2D eigenvalue weighted by molar-refractivity contribution is 0.0998. The molecule has 3 aromatic carbocycles. The minimum absolute atomic E-state index is 0.103. The Hall–Kier alpha value is -4.00. The van der Waals surface area contributed by atoms with Crippen LogP contribution in [0.15, 0.2) is 71.1 Å². The summed E-state index contributed by atoms with van der Waals surface area (Å²) in [5.74, 6) is -0.151. The van der Waals surface area contributed by atoms with Crippen molar-refractivity contribution < 1.29 is 18.3 Å². The molecule has 152 valence electrons. The van der Waals surface area contributed by atoms with E-state index >= 15 is 0 Å². The lowest BCUT2D eigenvalue weighted by Gasteiger charge is -2.21. The predicted molar refractivity (Wildman–Crippen MR) is 116 cm³/mol. The van der Waals surface area contributed by atoms with Crippen LogP contribution in [-0.2, 0) is 0 Å². The molecule has 3 N–H and O–H groups in total. The number of nitrogens with zero attached hydrogens (tertiary/aromatic N) is 1. The number of halogens is 1. The molecule has 0 bridgehead atoms. The molecular formula is C23H20FN3O3. The van der Waals surface area contributed by atoms with Crippen molar-refractivity contribution in [3.8, 4) is 5.75 Å². The summed E-state index contributed by atoms with van der Waals surface area (Å²) in [4.78, 5) is 14.5. The second-order valence-corrected chi connectivity index (χ2v) is 6.75. The fourth-order valence-corrected chi connectivity index (χ4v) is 3.22. The number of carbonyl (C=O) groups is 1. The predicted octanol–water partition coefficient (Wildman–Crippen LogP) is 5.18. The summed E-state index contributed by atoms with van der Waals surface area (Å²) in [6.45, 7) is 0. The molecule has 0 radical (unpaired) electrons. The van der Waals surface area contributed by atoms with Crippen molar-refractivity contribution in [2.45, 2.75) is 0 Å². The molecule has 1 aromatic heterocycles. The molecular weight excluding hydrogens is 385 g/mol. The molecule has 0 aliphatic carbocycles. The third-order valence-corrected chi connectivity index (χ3v) is 4.82. The van der Waals surface area contributed by atoms with Crippen LogP contribution in [-0.4, -0.2) is 20.1 Å². The smallest absolute Gasteiger partial charge is 0.291 e. The Morgan fingerprint density at radius 2 is 1.90 bits per heavy atom. The Bertz CT molecular complexity index is 1240. The number of rotatable bonds is 5. The van der Waals surface area contributed by atoms with E-state index in [-0.39, 0.29) is 17.1 Å². The fraction of sp³-hybridized carbons (Fsp3) is 0.0870. The van der Waals surface area contributed by atoms with Gasteiger partial charge in [0.1, 0.15) is 17.1 Å². The Morgan fingerprint density at radius 1 is 1.10 bits per heavy atom. The number of methoxy groups -OCH3 is 1. The van der Waals surface area contributed by atoms with Crippen LogP contribution in [0.5, 0.6) is 5.75 Å². The highest BCUT2D eigenvalue weighted by molar-refractivity contribution is 6.06. The van der Waals surface area contributed by atoms with E-state index in [1.54, 1.807) is 19.2 Å². The minimum atomic E-state index is -0.511. The number of benzene rings is 3.